The highest BCUT2D eigenvalue weighted by atomic mass is 27.2. The molecule has 0 heterocycles. The van der Waals surface area contributed by atoms with Crippen LogP contribution in [0.2, 0.25) is 31.7 Å². The standard InChI is InChI=1S/3C8H17.3C4H9.2Al/c3*1-3-5-7-8-6-4-2;3*1-4(2)3;;/h3*1,3-8H2,2H3;3*4H,1H2,2-3H3;;. The fraction of sp³-hybridized carbons (Fsp3) is 1.00. The average molecular weight is 565 g/mol. The summed E-state index contributed by atoms with van der Waals surface area (Å²) in [6, 6.07) is 0. The van der Waals surface area contributed by atoms with Crippen molar-refractivity contribution in [1.29, 1.82) is 0 Å². The topological polar surface area (TPSA) is 0 Å². The van der Waals surface area contributed by atoms with E-state index in [-0.39, 0.29) is 0 Å². The van der Waals surface area contributed by atoms with E-state index in [4.69, 9.17) is 0 Å². The summed E-state index contributed by atoms with van der Waals surface area (Å²) in [5.74, 6) is 2.78. The van der Waals surface area contributed by atoms with E-state index in [0.29, 0.717) is 0 Å². The molecule has 0 amide bonds. The van der Waals surface area contributed by atoms with Crippen LogP contribution >= 0.6 is 0 Å². The molecule has 0 nitrogen and oxygen atoms in total. The molecule has 0 saturated carbocycles. The van der Waals surface area contributed by atoms with Gasteiger partial charge in [-0.2, -0.15) is 0 Å². The molecule has 0 saturated heterocycles. The third-order valence-corrected chi connectivity index (χ3v) is 16.8. The van der Waals surface area contributed by atoms with E-state index in [2.05, 4.69) is 62.3 Å². The summed E-state index contributed by atoms with van der Waals surface area (Å²) in [7, 11) is 0. The van der Waals surface area contributed by atoms with E-state index in [1.807, 2.05) is 0 Å². The zero-order chi connectivity index (χ0) is 28.9. The van der Waals surface area contributed by atoms with Crippen LogP contribution in [0.25, 0.3) is 0 Å². The number of rotatable bonds is 27. The highest BCUT2D eigenvalue weighted by molar-refractivity contribution is 6.59. The van der Waals surface area contributed by atoms with Crippen LogP contribution in [-0.4, -0.2) is 28.3 Å². The Morgan fingerprint density at radius 3 is 0.789 bits per heavy atom. The van der Waals surface area contributed by atoms with Gasteiger partial charge in [-0.05, 0) is 0 Å². The largest absolute Gasteiger partial charge is 0.262 e. The van der Waals surface area contributed by atoms with Crippen molar-refractivity contribution in [3.8, 4) is 0 Å². The van der Waals surface area contributed by atoms with Gasteiger partial charge >= 0.3 is 0 Å². The highest BCUT2D eigenvalue weighted by Gasteiger charge is 2.20. The summed E-state index contributed by atoms with van der Waals surface area (Å²) in [6.45, 7) is 21.2. The van der Waals surface area contributed by atoms with Gasteiger partial charge < -0.3 is 0 Å². The monoisotopic (exact) mass is 565 g/mol. The van der Waals surface area contributed by atoms with Gasteiger partial charge in [0.05, 0.1) is 0 Å². The van der Waals surface area contributed by atoms with Crippen molar-refractivity contribution in [2.24, 2.45) is 17.8 Å². The first-order valence-corrected chi connectivity index (χ1v) is 23.2. The van der Waals surface area contributed by atoms with Crippen molar-refractivity contribution < 1.29 is 0 Å². The molecule has 0 aromatic heterocycles. The molecule has 0 fully saturated rings. The van der Waals surface area contributed by atoms with Gasteiger partial charge in [-0.3, -0.25) is 0 Å². The minimum atomic E-state index is -0.410. The predicted octanol–water partition coefficient (Wildman–Crippen LogP) is 14.0. The molecule has 0 aromatic carbocycles. The first kappa shape index (κ1) is 41.2. The molecule has 228 valence electrons. The number of hydrogen-bond acceptors (Lipinski definition) is 0. The highest BCUT2D eigenvalue weighted by Crippen LogP contribution is 2.22. The second-order valence-corrected chi connectivity index (χ2v) is 20.9. The Kier molecular flexibility index (Phi) is 35.3. The summed E-state index contributed by atoms with van der Waals surface area (Å²) in [4.78, 5) is 0. The first-order valence-electron chi connectivity index (χ1n) is 18.3. The summed E-state index contributed by atoms with van der Waals surface area (Å²) in [5, 5.41) is 9.64. The SMILES string of the molecule is CC(C)[CH2][Al]([CH2]C(C)C)[CH2]C(C)C.CCCCCCC[CH2][Al]([CH2]CCCCCCC)[CH2]CCCCCCC. The number of unbranched alkanes of at least 4 members (excludes halogenated alkanes) is 15. The molecule has 0 unspecified atom stereocenters. The Morgan fingerprint density at radius 1 is 0.316 bits per heavy atom. The quantitative estimate of drug-likeness (QED) is 0.0687. The molecule has 2 heteroatoms. The molecule has 0 aliphatic heterocycles. The van der Waals surface area contributed by atoms with Crippen molar-refractivity contribution in [3.05, 3.63) is 0 Å². The van der Waals surface area contributed by atoms with E-state index >= 15 is 0 Å². The summed E-state index contributed by atoms with van der Waals surface area (Å²) >= 11 is -0.818. The minimum absolute atomic E-state index is 0.407. The van der Waals surface area contributed by atoms with Crippen LogP contribution in [0.15, 0.2) is 0 Å². The average Bonchev–Trinajstić information content (AvgIpc) is 2.84. The molecule has 0 radical (unpaired) electrons. The van der Waals surface area contributed by atoms with Gasteiger partial charge in [0.15, 0.2) is 0 Å². The Labute approximate surface area is 254 Å². The molecule has 0 aliphatic carbocycles. The van der Waals surface area contributed by atoms with Crippen molar-refractivity contribution in [1.82, 2.24) is 0 Å². The van der Waals surface area contributed by atoms with Crippen molar-refractivity contribution >= 4 is 28.3 Å². The molecular formula is C36H78Al2. The Balaban J connectivity index is 0. The minimum Gasteiger partial charge on any atom is -0.0939 e. The predicted molar refractivity (Wildman–Crippen MR) is 185 cm³/mol. The van der Waals surface area contributed by atoms with Gasteiger partial charge in [0.25, 0.3) is 28.3 Å². The second-order valence-electron chi connectivity index (χ2n) is 14.3. The lowest BCUT2D eigenvalue weighted by Gasteiger charge is -2.17. The smallest absolute Gasteiger partial charge is 0.0939 e. The molecule has 38 heavy (non-hydrogen) atoms. The summed E-state index contributed by atoms with van der Waals surface area (Å²) in [5.41, 5.74) is 0. The maximum Gasteiger partial charge on any atom is 0.262 e. The van der Waals surface area contributed by atoms with Crippen LogP contribution < -0.4 is 0 Å². The van der Waals surface area contributed by atoms with Gasteiger partial charge in [-0.25, -0.2) is 0 Å². The summed E-state index contributed by atoms with van der Waals surface area (Å²) in [6.07, 6.45) is 26.7. The van der Waals surface area contributed by atoms with Crippen molar-refractivity contribution in [2.75, 3.05) is 0 Å². The van der Waals surface area contributed by atoms with E-state index in [1.54, 1.807) is 51.0 Å². The van der Waals surface area contributed by atoms with Crippen LogP contribution in [0.5, 0.6) is 0 Å². The normalized spacial score (nSPS) is 11.4. The molecule has 0 spiro atoms. The third kappa shape index (κ3) is 35.1. The second kappa shape index (κ2) is 32.6. The van der Waals surface area contributed by atoms with Crippen LogP contribution in [0.4, 0.5) is 0 Å². The number of hydrogen-bond donors (Lipinski definition) is 0. The van der Waals surface area contributed by atoms with Gasteiger partial charge in [-0.15, -0.1) is 0 Å². The lowest BCUT2D eigenvalue weighted by atomic mass is 10.1. The van der Waals surface area contributed by atoms with Gasteiger partial charge in [0, 0.05) is 0 Å². The third-order valence-electron chi connectivity index (χ3n) is 8.31. The lowest BCUT2D eigenvalue weighted by molar-refractivity contribution is 0.610. The van der Waals surface area contributed by atoms with Crippen molar-refractivity contribution in [3.63, 3.8) is 0 Å². The zero-order valence-electron chi connectivity index (χ0n) is 28.9. The first-order chi connectivity index (χ1) is 18.3. The maximum atomic E-state index is 2.38. The zero-order valence-corrected chi connectivity index (χ0v) is 31.2. The van der Waals surface area contributed by atoms with Gasteiger partial charge in [0.1, 0.15) is 0 Å². The Bertz CT molecular complexity index is 356. The van der Waals surface area contributed by atoms with Gasteiger partial charge in [0.2, 0.25) is 0 Å². The van der Waals surface area contributed by atoms with E-state index in [1.165, 1.54) is 96.3 Å². The fourth-order valence-corrected chi connectivity index (χ4v) is 14.4. The van der Waals surface area contributed by atoms with Crippen LogP contribution in [0, 0.1) is 17.8 Å². The molecule has 0 N–H and O–H groups in total. The fourth-order valence-electron chi connectivity index (χ4n) is 6.36. The maximum absolute atomic E-state index is 2.38. The Morgan fingerprint density at radius 2 is 0.553 bits per heavy atom. The van der Waals surface area contributed by atoms with E-state index < -0.39 is 28.3 Å². The van der Waals surface area contributed by atoms with Crippen LogP contribution in [-0.2, 0) is 0 Å². The van der Waals surface area contributed by atoms with Crippen LogP contribution in [0.1, 0.15) is 178 Å². The molecular weight excluding hydrogens is 486 g/mol. The van der Waals surface area contributed by atoms with Crippen molar-refractivity contribution in [2.45, 2.75) is 210 Å². The van der Waals surface area contributed by atoms with Gasteiger partial charge in [-0.1, -0.05) is 227 Å². The van der Waals surface area contributed by atoms with E-state index in [0.717, 1.165) is 17.8 Å². The molecule has 0 aromatic rings. The molecule has 0 bridgehead atoms. The van der Waals surface area contributed by atoms with E-state index in [9.17, 15) is 0 Å². The molecule has 0 rings (SSSR count). The lowest BCUT2D eigenvalue weighted by Crippen LogP contribution is -2.19. The summed E-state index contributed by atoms with van der Waals surface area (Å²) < 4.78 is 0. The molecule has 0 atom stereocenters. The Hall–Kier alpha value is 1.06. The van der Waals surface area contributed by atoms with Crippen LogP contribution in [0.3, 0.4) is 0 Å². The molecule has 0 aliphatic rings.